The van der Waals surface area contributed by atoms with E-state index in [2.05, 4.69) is 18.2 Å². The van der Waals surface area contributed by atoms with E-state index in [0.717, 1.165) is 31.3 Å². The summed E-state index contributed by atoms with van der Waals surface area (Å²) in [5, 5.41) is 0. The van der Waals surface area contributed by atoms with Gasteiger partial charge in [0.05, 0.1) is 13.2 Å². The van der Waals surface area contributed by atoms with Gasteiger partial charge < -0.3 is 15.2 Å². The molecule has 1 aliphatic carbocycles. The highest BCUT2D eigenvalue weighted by Gasteiger charge is 2.22. The summed E-state index contributed by atoms with van der Waals surface area (Å²) < 4.78 is 11.4. The van der Waals surface area contributed by atoms with Crippen molar-refractivity contribution in [2.45, 2.75) is 45.8 Å². The molecule has 19 heavy (non-hydrogen) atoms. The summed E-state index contributed by atoms with van der Waals surface area (Å²) in [6.07, 6.45) is 3.47. The topological polar surface area (TPSA) is 44.5 Å². The number of rotatable bonds is 8. The second-order valence-electron chi connectivity index (χ2n) is 5.51. The molecule has 1 fully saturated rings. The third-order valence-electron chi connectivity index (χ3n) is 3.31. The molecule has 106 valence electrons. The van der Waals surface area contributed by atoms with Crippen LogP contribution >= 0.6 is 0 Å². The predicted octanol–water partition coefficient (Wildman–Crippen LogP) is 2.90. The Morgan fingerprint density at radius 3 is 2.79 bits per heavy atom. The summed E-state index contributed by atoms with van der Waals surface area (Å²) in [6, 6.07) is 6.46. The average molecular weight is 263 g/mol. The van der Waals surface area contributed by atoms with Crippen molar-refractivity contribution in [3.63, 3.8) is 0 Å². The van der Waals surface area contributed by atoms with Crippen LogP contribution in [0, 0.1) is 5.92 Å². The number of nitrogens with two attached hydrogens (primary N) is 1. The second-order valence-corrected chi connectivity index (χ2v) is 5.51. The van der Waals surface area contributed by atoms with Gasteiger partial charge in [-0.3, -0.25) is 0 Å². The van der Waals surface area contributed by atoms with Crippen molar-refractivity contribution < 1.29 is 9.47 Å². The van der Waals surface area contributed by atoms with Gasteiger partial charge in [0.15, 0.2) is 0 Å². The van der Waals surface area contributed by atoms with Crippen LogP contribution in [0.25, 0.3) is 0 Å². The summed E-state index contributed by atoms with van der Waals surface area (Å²) in [4.78, 5) is 0. The van der Waals surface area contributed by atoms with E-state index in [-0.39, 0.29) is 6.04 Å². The molecule has 1 aromatic rings. The molecule has 1 saturated carbocycles. The Labute approximate surface area is 116 Å². The van der Waals surface area contributed by atoms with E-state index in [4.69, 9.17) is 15.2 Å². The molecule has 1 atom stereocenters. The van der Waals surface area contributed by atoms with Crippen LogP contribution in [0.3, 0.4) is 0 Å². The van der Waals surface area contributed by atoms with Gasteiger partial charge >= 0.3 is 0 Å². The lowest BCUT2D eigenvalue weighted by molar-refractivity contribution is 0.134. The van der Waals surface area contributed by atoms with E-state index in [9.17, 15) is 0 Å². The minimum atomic E-state index is 0.144. The highest BCUT2D eigenvalue weighted by Crippen LogP contribution is 2.31. The summed E-state index contributed by atoms with van der Waals surface area (Å²) in [5.41, 5.74) is 8.32. The zero-order valence-corrected chi connectivity index (χ0v) is 12.0. The maximum atomic E-state index is 5.93. The van der Waals surface area contributed by atoms with Gasteiger partial charge in [-0.05, 0) is 62.3 Å². The van der Waals surface area contributed by atoms with Crippen LogP contribution in [-0.2, 0) is 17.8 Å². The molecule has 0 saturated heterocycles. The normalized spacial score (nSPS) is 16.4. The Balaban J connectivity index is 2.05. The molecule has 1 unspecified atom stereocenters. The molecular formula is C16H25NO2. The standard InChI is InChI=1S/C16H25NO2/c1-3-18-10-14-6-7-16(19-11-13-4-5-13)15(9-14)8-12(2)17/h6-7,9,12-13H,3-5,8,10-11,17H2,1-2H3. The van der Waals surface area contributed by atoms with E-state index in [1.165, 1.54) is 24.0 Å². The maximum absolute atomic E-state index is 5.93. The first-order valence-corrected chi connectivity index (χ1v) is 7.27. The van der Waals surface area contributed by atoms with Crippen LogP contribution in [0.5, 0.6) is 5.75 Å². The van der Waals surface area contributed by atoms with Crippen LogP contribution in [0.4, 0.5) is 0 Å². The van der Waals surface area contributed by atoms with Gasteiger partial charge in [0.1, 0.15) is 5.75 Å². The van der Waals surface area contributed by atoms with E-state index in [0.29, 0.717) is 6.61 Å². The van der Waals surface area contributed by atoms with Crippen LogP contribution in [0.15, 0.2) is 18.2 Å². The third kappa shape index (κ3) is 4.84. The lowest BCUT2D eigenvalue weighted by Crippen LogP contribution is -2.18. The molecule has 0 amide bonds. The fraction of sp³-hybridized carbons (Fsp3) is 0.625. The van der Waals surface area contributed by atoms with Crippen molar-refractivity contribution in [1.82, 2.24) is 0 Å². The van der Waals surface area contributed by atoms with Gasteiger partial charge in [0, 0.05) is 12.6 Å². The molecule has 0 aromatic heterocycles. The SMILES string of the molecule is CCOCc1ccc(OCC2CC2)c(CC(C)N)c1. The molecule has 1 aliphatic rings. The molecule has 3 heteroatoms. The second kappa shape index (κ2) is 6.92. The fourth-order valence-electron chi connectivity index (χ4n) is 2.08. The third-order valence-corrected chi connectivity index (χ3v) is 3.31. The lowest BCUT2D eigenvalue weighted by atomic mass is 10.0. The molecule has 0 spiro atoms. The van der Waals surface area contributed by atoms with Gasteiger partial charge in [-0.25, -0.2) is 0 Å². The van der Waals surface area contributed by atoms with Crippen molar-refractivity contribution in [1.29, 1.82) is 0 Å². The minimum Gasteiger partial charge on any atom is -0.493 e. The number of hydrogen-bond donors (Lipinski definition) is 1. The maximum Gasteiger partial charge on any atom is 0.122 e. The van der Waals surface area contributed by atoms with E-state index >= 15 is 0 Å². The molecular weight excluding hydrogens is 238 g/mol. The molecule has 2 N–H and O–H groups in total. The first-order chi connectivity index (χ1) is 9.19. The average Bonchev–Trinajstić information content (AvgIpc) is 3.18. The smallest absolute Gasteiger partial charge is 0.122 e. The lowest BCUT2D eigenvalue weighted by Gasteiger charge is -2.14. The highest BCUT2D eigenvalue weighted by molar-refractivity contribution is 5.37. The fourth-order valence-corrected chi connectivity index (χ4v) is 2.08. The monoisotopic (exact) mass is 263 g/mol. The van der Waals surface area contributed by atoms with Crippen molar-refractivity contribution >= 4 is 0 Å². The predicted molar refractivity (Wildman–Crippen MR) is 77.3 cm³/mol. The summed E-state index contributed by atoms with van der Waals surface area (Å²) in [6.45, 7) is 6.28. The van der Waals surface area contributed by atoms with Crippen LogP contribution in [0.1, 0.15) is 37.8 Å². The quantitative estimate of drug-likeness (QED) is 0.784. The van der Waals surface area contributed by atoms with E-state index in [1.54, 1.807) is 0 Å². The van der Waals surface area contributed by atoms with Gasteiger partial charge in [-0.15, -0.1) is 0 Å². The van der Waals surface area contributed by atoms with Gasteiger partial charge in [-0.1, -0.05) is 6.07 Å². The molecule has 2 rings (SSSR count). The summed E-state index contributed by atoms with van der Waals surface area (Å²) >= 11 is 0. The van der Waals surface area contributed by atoms with Crippen molar-refractivity contribution in [3.05, 3.63) is 29.3 Å². The van der Waals surface area contributed by atoms with Crippen LogP contribution in [-0.4, -0.2) is 19.3 Å². The minimum absolute atomic E-state index is 0.144. The number of benzene rings is 1. The zero-order valence-electron chi connectivity index (χ0n) is 12.0. The Morgan fingerprint density at radius 2 is 2.16 bits per heavy atom. The van der Waals surface area contributed by atoms with E-state index in [1.807, 2.05) is 13.8 Å². The molecule has 0 bridgehead atoms. The van der Waals surface area contributed by atoms with Gasteiger partial charge in [0.25, 0.3) is 0 Å². The number of hydrogen-bond acceptors (Lipinski definition) is 3. The Hall–Kier alpha value is -1.06. The summed E-state index contributed by atoms with van der Waals surface area (Å²) in [7, 11) is 0. The zero-order chi connectivity index (χ0) is 13.7. The van der Waals surface area contributed by atoms with Gasteiger partial charge in [0.2, 0.25) is 0 Å². The molecule has 1 aromatic carbocycles. The summed E-state index contributed by atoms with van der Waals surface area (Å²) in [5.74, 6) is 1.76. The van der Waals surface area contributed by atoms with Crippen molar-refractivity contribution in [2.24, 2.45) is 11.7 Å². The molecule has 0 radical (unpaired) electrons. The Kier molecular flexibility index (Phi) is 5.23. The van der Waals surface area contributed by atoms with Crippen LogP contribution < -0.4 is 10.5 Å². The number of ether oxygens (including phenoxy) is 2. The first-order valence-electron chi connectivity index (χ1n) is 7.27. The van der Waals surface area contributed by atoms with Crippen molar-refractivity contribution in [3.8, 4) is 5.75 Å². The largest absolute Gasteiger partial charge is 0.493 e. The van der Waals surface area contributed by atoms with Crippen LogP contribution in [0.2, 0.25) is 0 Å². The van der Waals surface area contributed by atoms with E-state index < -0.39 is 0 Å². The van der Waals surface area contributed by atoms with Gasteiger partial charge in [-0.2, -0.15) is 0 Å². The Morgan fingerprint density at radius 1 is 1.37 bits per heavy atom. The molecule has 3 nitrogen and oxygen atoms in total. The molecule has 0 heterocycles. The first kappa shape index (κ1) is 14.4. The Bertz CT molecular complexity index is 400. The molecule has 0 aliphatic heterocycles. The van der Waals surface area contributed by atoms with Crippen molar-refractivity contribution in [2.75, 3.05) is 13.2 Å². The highest BCUT2D eigenvalue weighted by atomic mass is 16.5.